The fraction of sp³-hybridized carbons (Fsp3) is 0.125. The second kappa shape index (κ2) is 8.05. The van der Waals surface area contributed by atoms with E-state index in [1.54, 1.807) is 30.5 Å². The molecule has 0 atom stereocenters. The molecule has 0 aromatic heterocycles. The number of rotatable bonds is 5. The zero-order chi connectivity index (χ0) is 15.8. The van der Waals surface area contributed by atoms with Crippen molar-refractivity contribution in [3.8, 4) is 5.75 Å². The Hall–Kier alpha value is -2.53. The number of amides is 2. The molecule has 0 saturated carbocycles. The molecule has 5 nitrogen and oxygen atoms in total. The summed E-state index contributed by atoms with van der Waals surface area (Å²) in [5.74, 6) is 0.798. The molecule has 0 bridgehead atoms. The quantitative estimate of drug-likeness (QED) is 0.649. The summed E-state index contributed by atoms with van der Waals surface area (Å²) in [4.78, 5) is 11.7. The lowest BCUT2D eigenvalue weighted by molar-refractivity contribution is 0.252. The maximum atomic E-state index is 11.7. The number of nitrogens with one attached hydrogen (secondary N) is 2. The topological polar surface area (TPSA) is 62.7 Å². The van der Waals surface area contributed by atoms with Gasteiger partial charge in [0.05, 0.1) is 12.8 Å². The molecule has 2 rings (SSSR count). The second-order valence-corrected chi connectivity index (χ2v) is 4.77. The number of hydrogen-bond donors (Lipinski definition) is 2. The van der Waals surface area contributed by atoms with E-state index in [1.165, 1.54) is 0 Å². The van der Waals surface area contributed by atoms with E-state index in [2.05, 4.69) is 15.8 Å². The first-order valence-electron chi connectivity index (χ1n) is 6.76. The molecule has 0 spiro atoms. The van der Waals surface area contributed by atoms with Crippen LogP contribution < -0.4 is 15.5 Å². The third kappa shape index (κ3) is 5.10. The first-order chi connectivity index (χ1) is 10.7. The predicted octanol–water partition coefficient (Wildman–Crippen LogP) is 3.89. The smallest absolute Gasteiger partial charge is 0.339 e. The maximum absolute atomic E-state index is 11.7. The first kappa shape index (κ1) is 15.9. The van der Waals surface area contributed by atoms with Gasteiger partial charge in [0.1, 0.15) is 5.75 Å². The van der Waals surface area contributed by atoms with Crippen LogP contribution in [0.25, 0.3) is 0 Å². The maximum Gasteiger partial charge on any atom is 0.339 e. The number of ether oxygens (including phenoxy) is 1. The van der Waals surface area contributed by atoms with E-state index in [0.717, 1.165) is 11.3 Å². The van der Waals surface area contributed by atoms with Gasteiger partial charge in [-0.3, -0.25) is 0 Å². The van der Waals surface area contributed by atoms with Crippen LogP contribution in [-0.4, -0.2) is 18.9 Å². The molecule has 0 saturated heterocycles. The van der Waals surface area contributed by atoms with E-state index in [4.69, 9.17) is 16.3 Å². The van der Waals surface area contributed by atoms with Crippen LogP contribution in [0.3, 0.4) is 0 Å². The van der Waals surface area contributed by atoms with Crippen molar-refractivity contribution in [1.29, 1.82) is 0 Å². The van der Waals surface area contributed by atoms with Crippen molar-refractivity contribution in [2.24, 2.45) is 5.10 Å². The van der Waals surface area contributed by atoms with Gasteiger partial charge in [0.2, 0.25) is 0 Å². The summed E-state index contributed by atoms with van der Waals surface area (Å²) in [6.07, 6.45) is 1.55. The Bertz CT molecular complexity index is 657. The van der Waals surface area contributed by atoms with Crippen molar-refractivity contribution in [3.05, 3.63) is 59.1 Å². The Labute approximate surface area is 133 Å². The summed E-state index contributed by atoms with van der Waals surface area (Å²) in [5.41, 5.74) is 3.84. The summed E-state index contributed by atoms with van der Waals surface area (Å²) in [7, 11) is 0. The van der Waals surface area contributed by atoms with Gasteiger partial charge in [0.15, 0.2) is 0 Å². The van der Waals surface area contributed by atoms with E-state index in [0.29, 0.717) is 17.3 Å². The van der Waals surface area contributed by atoms with Gasteiger partial charge in [0.25, 0.3) is 0 Å². The van der Waals surface area contributed by atoms with Crippen LogP contribution in [0, 0.1) is 0 Å². The van der Waals surface area contributed by atoms with E-state index >= 15 is 0 Å². The highest BCUT2D eigenvalue weighted by Gasteiger charge is 2.00. The second-order valence-electron chi connectivity index (χ2n) is 4.34. The summed E-state index contributed by atoms with van der Waals surface area (Å²) < 4.78 is 5.34. The molecular formula is C16H16ClN3O2. The first-order valence-corrected chi connectivity index (χ1v) is 7.13. The lowest BCUT2D eigenvalue weighted by atomic mass is 10.2. The van der Waals surface area contributed by atoms with E-state index < -0.39 is 6.03 Å². The molecule has 0 radical (unpaired) electrons. The fourth-order valence-electron chi connectivity index (χ4n) is 1.71. The van der Waals surface area contributed by atoms with Crippen molar-refractivity contribution in [3.63, 3.8) is 0 Å². The molecule has 0 unspecified atom stereocenters. The number of benzene rings is 2. The van der Waals surface area contributed by atoms with E-state index in [9.17, 15) is 4.79 Å². The SMILES string of the molecule is CCOc1ccc(C=NNC(=O)Nc2cccc(Cl)c2)cc1. The number of hydrogen-bond acceptors (Lipinski definition) is 3. The zero-order valence-corrected chi connectivity index (χ0v) is 12.8. The lowest BCUT2D eigenvalue weighted by Gasteiger charge is -2.04. The average Bonchev–Trinajstić information content (AvgIpc) is 2.49. The number of urea groups is 1. The minimum Gasteiger partial charge on any atom is -0.494 e. The Kier molecular flexibility index (Phi) is 5.80. The predicted molar refractivity (Wildman–Crippen MR) is 88.8 cm³/mol. The van der Waals surface area contributed by atoms with Gasteiger partial charge in [-0.25, -0.2) is 10.2 Å². The number of halogens is 1. The van der Waals surface area contributed by atoms with Crippen LogP contribution in [0.1, 0.15) is 12.5 Å². The molecule has 22 heavy (non-hydrogen) atoms. The Morgan fingerprint density at radius 1 is 1.27 bits per heavy atom. The van der Waals surface area contributed by atoms with Crippen LogP contribution in [0.2, 0.25) is 5.02 Å². The number of carbonyl (C=O) groups is 1. The molecular weight excluding hydrogens is 302 g/mol. The molecule has 6 heteroatoms. The molecule has 0 fully saturated rings. The molecule has 2 amide bonds. The third-order valence-corrected chi connectivity index (χ3v) is 2.89. The number of carbonyl (C=O) groups excluding carboxylic acids is 1. The molecule has 2 N–H and O–H groups in total. The molecule has 0 aliphatic heterocycles. The monoisotopic (exact) mass is 317 g/mol. The summed E-state index contributed by atoms with van der Waals surface area (Å²) in [6, 6.07) is 13.8. The standard InChI is InChI=1S/C16H16ClN3O2/c1-2-22-15-8-6-12(7-9-15)11-18-20-16(21)19-14-5-3-4-13(17)10-14/h3-11H,2H2,1H3,(H2,19,20,21). The third-order valence-electron chi connectivity index (χ3n) is 2.65. The number of nitrogens with zero attached hydrogens (tertiary/aromatic N) is 1. The van der Waals surface area contributed by atoms with Gasteiger partial charge in [-0.2, -0.15) is 5.10 Å². The molecule has 0 aliphatic carbocycles. The van der Waals surface area contributed by atoms with Crippen molar-refractivity contribution >= 4 is 29.5 Å². The van der Waals surface area contributed by atoms with Gasteiger partial charge >= 0.3 is 6.03 Å². The Balaban J connectivity index is 1.85. The average molecular weight is 318 g/mol. The number of hydrazone groups is 1. The van der Waals surface area contributed by atoms with Crippen molar-refractivity contribution in [2.75, 3.05) is 11.9 Å². The minimum absolute atomic E-state index is 0.440. The molecule has 0 aliphatic rings. The van der Waals surface area contributed by atoms with Crippen LogP contribution in [0.4, 0.5) is 10.5 Å². The summed E-state index contributed by atoms with van der Waals surface area (Å²) in [6.45, 7) is 2.55. The highest BCUT2D eigenvalue weighted by molar-refractivity contribution is 6.30. The lowest BCUT2D eigenvalue weighted by Crippen LogP contribution is -2.24. The molecule has 2 aromatic rings. The van der Waals surface area contributed by atoms with Gasteiger partial charge in [-0.1, -0.05) is 17.7 Å². The highest BCUT2D eigenvalue weighted by Crippen LogP contribution is 2.14. The van der Waals surface area contributed by atoms with Crippen molar-refractivity contribution in [1.82, 2.24) is 5.43 Å². The fourth-order valence-corrected chi connectivity index (χ4v) is 1.90. The Morgan fingerprint density at radius 2 is 2.05 bits per heavy atom. The van der Waals surface area contributed by atoms with Crippen LogP contribution in [0.15, 0.2) is 53.6 Å². The highest BCUT2D eigenvalue weighted by atomic mass is 35.5. The molecule has 2 aromatic carbocycles. The summed E-state index contributed by atoms with van der Waals surface area (Å²) >= 11 is 5.84. The zero-order valence-electron chi connectivity index (χ0n) is 12.0. The largest absolute Gasteiger partial charge is 0.494 e. The van der Waals surface area contributed by atoms with Crippen LogP contribution in [-0.2, 0) is 0 Å². The summed E-state index contributed by atoms with van der Waals surface area (Å²) in [5, 5.41) is 7.05. The molecule has 114 valence electrons. The van der Waals surface area contributed by atoms with Crippen LogP contribution in [0.5, 0.6) is 5.75 Å². The van der Waals surface area contributed by atoms with Gasteiger partial charge < -0.3 is 10.1 Å². The van der Waals surface area contributed by atoms with Gasteiger partial charge in [-0.05, 0) is 55.0 Å². The minimum atomic E-state index is -0.440. The van der Waals surface area contributed by atoms with Gasteiger partial charge in [0, 0.05) is 10.7 Å². The normalized spacial score (nSPS) is 10.5. The number of anilines is 1. The van der Waals surface area contributed by atoms with Crippen LogP contribution >= 0.6 is 11.6 Å². The van der Waals surface area contributed by atoms with Crippen molar-refractivity contribution < 1.29 is 9.53 Å². The van der Waals surface area contributed by atoms with E-state index in [1.807, 2.05) is 31.2 Å². The van der Waals surface area contributed by atoms with E-state index in [-0.39, 0.29) is 0 Å². The van der Waals surface area contributed by atoms with Crippen molar-refractivity contribution in [2.45, 2.75) is 6.92 Å². The van der Waals surface area contributed by atoms with Gasteiger partial charge in [-0.15, -0.1) is 0 Å². The Morgan fingerprint density at radius 3 is 2.73 bits per heavy atom. The molecule has 0 heterocycles.